The van der Waals surface area contributed by atoms with E-state index in [9.17, 15) is 9.13 Å². The molecule has 0 fully saturated rings. The summed E-state index contributed by atoms with van der Waals surface area (Å²) in [5.41, 5.74) is 0. The van der Waals surface area contributed by atoms with Gasteiger partial charge in [0.05, 0.1) is 0 Å². The molecule has 0 rings (SSSR count). The van der Waals surface area contributed by atoms with E-state index in [0.717, 1.165) is 0 Å². The van der Waals surface area contributed by atoms with Gasteiger partial charge in [-0.15, -0.1) is 0 Å². The quantitative estimate of drug-likeness (QED) is 0.139. The van der Waals surface area contributed by atoms with Crippen molar-refractivity contribution in [2.75, 3.05) is 0 Å². The van der Waals surface area contributed by atoms with Crippen molar-refractivity contribution in [3.63, 3.8) is 0 Å². The Kier molecular flexibility index (Phi) is 21.4. The van der Waals surface area contributed by atoms with Gasteiger partial charge in [0, 0.05) is 0 Å². The standard InChI is InChI=1S/H4O7P2.4H3O4P/c1-8(2,3)7-9(4,5)6;4*1-5(2,3)4/h(H2,1,2,3)(H2,4,5,6);4*(H3,1,2,3,4). The highest BCUT2D eigenvalue weighted by Gasteiger charge is 2.27. The van der Waals surface area contributed by atoms with Gasteiger partial charge >= 0.3 is 46.9 Å². The van der Waals surface area contributed by atoms with Gasteiger partial charge < -0.3 is 78.3 Å². The Bertz CT molecular complexity index is 540. The van der Waals surface area contributed by atoms with Gasteiger partial charge in [0.1, 0.15) is 0 Å². The second-order valence-corrected chi connectivity index (χ2v) is 9.84. The Morgan fingerprint density at radius 2 is 0.379 bits per heavy atom. The van der Waals surface area contributed by atoms with Gasteiger partial charge in [-0.3, -0.25) is 0 Å². The Labute approximate surface area is 158 Å². The van der Waals surface area contributed by atoms with Crippen LogP contribution in [-0.4, -0.2) is 78.3 Å². The molecule has 0 aliphatic carbocycles. The molecule has 0 saturated carbocycles. The van der Waals surface area contributed by atoms with Gasteiger partial charge in [-0.1, -0.05) is 0 Å². The fourth-order valence-corrected chi connectivity index (χ4v) is 1.25. The molecule has 0 heterocycles. The van der Waals surface area contributed by atoms with Crippen LogP contribution in [0.4, 0.5) is 0 Å². The maximum absolute atomic E-state index is 9.63. The molecule has 0 aromatic carbocycles. The first-order valence-electron chi connectivity index (χ1n) is 4.66. The van der Waals surface area contributed by atoms with Crippen LogP contribution in [0.5, 0.6) is 0 Å². The van der Waals surface area contributed by atoms with Crippen molar-refractivity contribution in [2.24, 2.45) is 0 Å². The average molecular weight is 570 g/mol. The van der Waals surface area contributed by atoms with Crippen LogP contribution in [0, 0.1) is 0 Å². The van der Waals surface area contributed by atoms with Gasteiger partial charge in [-0.05, 0) is 0 Å². The van der Waals surface area contributed by atoms with E-state index < -0.39 is 46.9 Å². The van der Waals surface area contributed by atoms with Crippen LogP contribution < -0.4 is 0 Å². The molecule has 0 saturated heterocycles. The minimum atomic E-state index is -5.05. The third-order valence-corrected chi connectivity index (χ3v) is 1.91. The van der Waals surface area contributed by atoms with Crippen LogP contribution in [0.25, 0.3) is 0 Å². The van der Waals surface area contributed by atoms with Gasteiger partial charge in [0.15, 0.2) is 0 Å². The van der Waals surface area contributed by atoms with Crippen LogP contribution in [0.2, 0.25) is 0 Å². The molecule has 0 radical (unpaired) electrons. The fraction of sp³-hybridized carbons (Fsp3) is 0. The first-order chi connectivity index (χ1) is 11.7. The predicted molar refractivity (Wildman–Crippen MR) is 82.2 cm³/mol. The van der Waals surface area contributed by atoms with E-state index in [2.05, 4.69) is 4.31 Å². The number of phosphoric acid groups is 6. The van der Waals surface area contributed by atoms with E-state index in [1.807, 2.05) is 0 Å². The molecule has 0 aliphatic heterocycles. The summed E-state index contributed by atoms with van der Waals surface area (Å²) in [6, 6.07) is 0. The van der Waals surface area contributed by atoms with E-state index >= 15 is 0 Å². The topological polar surface area (TPSA) is 435 Å². The molecule has 0 bridgehead atoms. The zero-order chi connectivity index (χ0) is 25.7. The third-order valence-electron chi connectivity index (χ3n) is 0.213. The zero-order valence-electron chi connectivity index (χ0n) is 12.7. The molecule has 0 aromatic rings. The van der Waals surface area contributed by atoms with Crippen LogP contribution in [0.1, 0.15) is 0 Å². The lowest BCUT2D eigenvalue weighted by molar-refractivity contribution is 0.224. The number of hydrogen-bond acceptors (Lipinski definition) is 7. The lowest BCUT2D eigenvalue weighted by Crippen LogP contribution is -1.84. The second-order valence-electron chi connectivity index (χ2n) is 3.12. The highest BCUT2D eigenvalue weighted by molar-refractivity contribution is 7.60. The monoisotopic (exact) mass is 570 g/mol. The molecule has 0 atom stereocenters. The fourth-order valence-electron chi connectivity index (χ4n) is 0.139. The van der Waals surface area contributed by atoms with E-state index in [1.54, 1.807) is 0 Å². The molecule has 0 aliphatic rings. The van der Waals surface area contributed by atoms with Crippen molar-refractivity contribution in [2.45, 2.75) is 0 Å². The van der Waals surface area contributed by atoms with Crippen LogP contribution in [0.15, 0.2) is 0 Å². The van der Waals surface area contributed by atoms with Gasteiger partial charge in [0.2, 0.25) is 0 Å². The van der Waals surface area contributed by atoms with Crippen molar-refractivity contribution in [1.82, 2.24) is 0 Å². The lowest BCUT2D eigenvalue weighted by Gasteiger charge is -2.03. The summed E-state index contributed by atoms with van der Waals surface area (Å²) < 4.78 is 57.7. The Balaban J connectivity index is -0.0000000853. The van der Waals surface area contributed by atoms with E-state index in [1.165, 1.54) is 0 Å². The molecule has 0 spiro atoms. The maximum atomic E-state index is 9.63. The normalized spacial score (nSPS) is 12.4. The van der Waals surface area contributed by atoms with Gasteiger partial charge in [-0.2, -0.15) is 4.31 Å². The Hall–Kier alpha value is 0.700. The molecule has 0 amide bonds. The van der Waals surface area contributed by atoms with Crippen molar-refractivity contribution in [3.8, 4) is 0 Å². The Morgan fingerprint density at radius 1 is 0.310 bits per heavy atom. The summed E-state index contributed by atoms with van der Waals surface area (Å²) in [5.74, 6) is 0. The maximum Gasteiger partial charge on any atom is 0.478 e. The highest BCUT2D eigenvalue weighted by atomic mass is 31.3. The third kappa shape index (κ3) is 456. The lowest BCUT2D eigenvalue weighted by atomic mass is 15.7. The van der Waals surface area contributed by atoms with E-state index in [4.69, 9.17) is 96.6 Å². The summed E-state index contributed by atoms with van der Waals surface area (Å²) >= 11 is 0. The molecule has 16 N–H and O–H groups in total. The summed E-state index contributed by atoms with van der Waals surface area (Å²) in [7, 11) is -28.7. The van der Waals surface area contributed by atoms with Crippen molar-refractivity contribution in [1.29, 1.82) is 0 Å². The minimum absolute atomic E-state index is 2.96. The minimum Gasteiger partial charge on any atom is -0.303 e. The molecule has 0 aromatic heterocycles. The largest absolute Gasteiger partial charge is 0.478 e. The van der Waals surface area contributed by atoms with Gasteiger partial charge in [-0.25, -0.2) is 27.4 Å². The van der Waals surface area contributed by atoms with E-state index in [-0.39, 0.29) is 0 Å². The summed E-state index contributed by atoms with van der Waals surface area (Å²) in [5, 5.41) is 0. The molecule has 29 heavy (non-hydrogen) atoms. The highest BCUT2D eigenvalue weighted by Crippen LogP contribution is 2.53. The van der Waals surface area contributed by atoms with Crippen LogP contribution >= 0.6 is 46.9 Å². The molecular weight excluding hydrogens is 554 g/mol. The summed E-state index contributed by atoms with van der Waals surface area (Å²) in [4.78, 5) is 117. The van der Waals surface area contributed by atoms with Crippen LogP contribution in [-0.2, 0) is 31.7 Å². The Morgan fingerprint density at radius 3 is 0.379 bits per heavy atom. The molecule has 184 valence electrons. The molecular formula is H16O23P6. The summed E-state index contributed by atoms with van der Waals surface area (Å²) in [6.07, 6.45) is 0. The molecule has 29 heteroatoms. The smallest absolute Gasteiger partial charge is 0.303 e. The average Bonchev–Trinajstić information content (AvgIpc) is 1.94. The molecule has 0 unspecified atom stereocenters. The first kappa shape index (κ1) is 40.1. The zero-order valence-corrected chi connectivity index (χ0v) is 18.1. The second kappa shape index (κ2) is 15.5. The molecule has 23 nitrogen and oxygen atoms in total. The van der Waals surface area contributed by atoms with Crippen LogP contribution in [0.3, 0.4) is 0 Å². The predicted octanol–water partition coefficient (Wildman–Crippen LogP) is -4.53. The van der Waals surface area contributed by atoms with Crippen molar-refractivity contribution >= 4 is 46.9 Å². The number of rotatable bonds is 2. The van der Waals surface area contributed by atoms with Crippen molar-refractivity contribution in [3.05, 3.63) is 0 Å². The summed E-state index contributed by atoms with van der Waals surface area (Å²) in [6.45, 7) is 0. The SMILES string of the molecule is O=P(O)(O)O.O=P(O)(O)O.O=P(O)(O)O.O=P(O)(O)O.O=P(O)(O)OP(=O)(O)O. The first-order valence-corrected chi connectivity index (χ1v) is 14.0. The van der Waals surface area contributed by atoms with E-state index in [0.29, 0.717) is 0 Å². The number of hydrogen-bond donors (Lipinski definition) is 16. The van der Waals surface area contributed by atoms with Crippen molar-refractivity contribution < 1.29 is 110 Å². The van der Waals surface area contributed by atoms with Gasteiger partial charge in [0.25, 0.3) is 0 Å².